The predicted molar refractivity (Wildman–Crippen MR) is 136 cm³/mol. The molecule has 1 aliphatic heterocycles. The van der Waals surface area contributed by atoms with Crippen molar-refractivity contribution >= 4 is 41.3 Å². The van der Waals surface area contributed by atoms with Crippen LogP contribution in [0.2, 0.25) is 0 Å². The zero-order valence-electron chi connectivity index (χ0n) is 18.4. The molecule has 0 saturated carbocycles. The third-order valence-electron chi connectivity index (χ3n) is 5.48. The number of nitrogens with zero attached hydrogens (tertiary/aromatic N) is 4. The highest BCUT2D eigenvalue weighted by Crippen LogP contribution is 2.20. The number of methoxy groups -OCH3 is 1. The van der Waals surface area contributed by atoms with Gasteiger partial charge in [0.15, 0.2) is 5.96 Å². The molecule has 1 N–H and O–H groups in total. The standard InChI is InChI=1S/C22H33N5OS.HI/c1-17-25-20(16-29-17)15-27-11-9-18(10-12-27)13-24-22(23-2)26(3)14-19-7-5-6-8-21(19)28-4;/h5-8,16,18H,9-15H2,1-4H3,(H,23,24);1H. The minimum Gasteiger partial charge on any atom is -0.496 e. The summed E-state index contributed by atoms with van der Waals surface area (Å²) in [7, 11) is 5.63. The highest BCUT2D eigenvalue weighted by Gasteiger charge is 2.20. The fourth-order valence-electron chi connectivity index (χ4n) is 3.84. The van der Waals surface area contributed by atoms with Crippen molar-refractivity contribution in [3.05, 3.63) is 45.9 Å². The summed E-state index contributed by atoms with van der Waals surface area (Å²) >= 11 is 1.74. The summed E-state index contributed by atoms with van der Waals surface area (Å²) in [4.78, 5) is 13.7. The van der Waals surface area contributed by atoms with Gasteiger partial charge >= 0.3 is 0 Å². The Labute approximate surface area is 201 Å². The molecule has 0 radical (unpaired) electrons. The first-order valence-corrected chi connectivity index (χ1v) is 11.1. The van der Waals surface area contributed by atoms with Gasteiger partial charge in [0.05, 0.1) is 17.8 Å². The average molecular weight is 544 g/mol. The lowest BCUT2D eigenvalue weighted by molar-refractivity contribution is 0.176. The molecule has 3 rings (SSSR count). The maximum atomic E-state index is 5.47. The first kappa shape index (κ1) is 24.9. The van der Waals surface area contributed by atoms with Crippen LogP contribution in [0.3, 0.4) is 0 Å². The van der Waals surface area contributed by atoms with Crippen LogP contribution in [0.4, 0.5) is 0 Å². The van der Waals surface area contributed by atoms with Crippen molar-refractivity contribution in [3.63, 3.8) is 0 Å². The maximum Gasteiger partial charge on any atom is 0.193 e. The Morgan fingerprint density at radius 1 is 1.33 bits per heavy atom. The molecule has 166 valence electrons. The molecule has 2 heterocycles. The lowest BCUT2D eigenvalue weighted by Crippen LogP contribution is -2.43. The molecule has 0 bridgehead atoms. The quantitative estimate of drug-likeness (QED) is 0.325. The summed E-state index contributed by atoms with van der Waals surface area (Å²) in [6, 6.07) is 8.14. The SMILES string of the molecule is CN=C(NCC1CCN(Cc2csc(C)n2)CC1)N(C)Cc1ccccc1OC.I. The summed E-state index contributed by atoms with van der Waals surface area (Å²) in [5.74, 6) is 2.52. The first-order chi connectivity index (χ1) is 14.1. The Morgan fingerprint density at radius 2 is 2.07 bits per heavy atom. The second-order valence-corrected chi connectivity index (χ2v) is 8.74. The van der Waals surface area contributed by atoms with Crippen molar-refractivity contribution in [2.45, 2.75) is 32.9 Å². The number of aryl methyl sites for hydroxylation is 1. The molecule has 1 aromatic heterocycles. The number of aliphatic imine (C=N–C) groups is 1. The van der Waals surface area contributed by atoms with E-state index in [1.54, 1.807) is 18.4 Å². The van der Waals surface area contributed by atoms with Crippen LogP contribution in [0, 0.1) is 12.8 Å². The number of guanidine groups is 1. The summed E-state index contributed by atoms with van der Waals surface area (Å²) in [6.07, 6.45) is 2.42. The molecule has 1 saturated heterocycles. The molecular weight excluding hydrogens is 509 g/mol. The number of halogens is 1. The van der Waals surface area contributed by atoms with Crippen LogP contribution in [0.25, 0.3) is 0 Å². The van der Waals surface area contributed by atoms with E-state index in [-0.39, 0.29) is 24.0 Å². The minimum absolute atomic E-state index is 0. The zero-order valence-corrected chi connectivity index (χ0v) is 21.6. The number of aromatic nitrogens is 1. The number of likely N-dealkylation sites (tertiary alicyclic amines) is 1. The van der Waals surface area contributed by atoms with Crippen LogP contribution in [0.15, 0.2) is 34.6 Å². The monoisotopic (exact) mass is 543 g/mol. The number of thiazole rings is 1. The smallest absolute Gasteiger partial charge is 0.193 e. The lowest BCUT2D eigenvalue weighted by Gasteiger charge is -2.32. The van der Waals surface area contributed by atoms with Crippen LogP contribution in [0.5, 0.6) is 5.75 Å². The second-order valence-electron chi connectivity index (χ2n) is 7.67. The van der Waals surface area contributed by atoms with E-state index in [4.69, 9.17) is 4.74 Å². The van der Waals surface area contributed by atoms with Gasteiger partial charge in [0.2, 0.25) is 0 Å². The Morgan fingerprint density at radius 3 is 2.70 bits per heavy atom. The number of para-hydroxylation sites is 1. The average Bonchev–Trinajstić information content (AvgIpc) is 3.14. The summed E-state index contributed by atoms with van der Waals surface area (Å²) in [5.41, 5.74) is 2.37. The summed E-state index contributed by atoms with van der Waals surface area (Å²) in [5, 5.41) is 6.91. The number of ether oxygens (including phenoxy) is 1. The molecule has 0 spiro atoms. The number of piperidine rings is 1. The largest absolute Gasteiger partial charge is 0.496 e. The number of benzene rings is 1. The normalized spacial score (nSPS) is 15.5. The number of hydrogen-bond acceptors (Lipinski definition) is 5. The maximum absolute atomic E-state index is 5.47. The lowest BCUT2D eigenvalue weighted by atomic mass is 9.97. The van der Waals surface area contributed by atoms with E-state index in [1.165, 1.54) is 18.5 Å². The van der Waals surface area contributed by atoms with Crippen LogP contribution in [0.1, 0.15) is 29.1 Å². The highest BCUT2D eigenvalue weighted by atomic mass is 127. The molecule has 2 aromatic rings. The van der Waals surface area contributed by atoms with Gasteiger partial charge in [-0.3, -0.25) is 9.89 Å². The van der Waals surface area contributed by atoms with E-state index >= 15 is 0 Å². The third-order valence-corrected chi connectivity index (χ3v) is 6.30. The van der Waals surface area contributed by atoms with Crippen LogP contribution >= 0.6 is 35.3 Å². The zero-order chi connectivity index (χ0) is 20.6. The molecule has 0 atom stereocenters. The number of hydrogen-bond donors (Lipinski definition) is 1. The van der Waals surface area contributed by atoms with Crippen LogP contribution in [-0.2, 0) is 13.1 Å². The Kier molecular flexibility index (Phi) is 10.3. The molecular formula is C22H34IN5OS. The Hall–Kier alpha value is -1.39. The summed E-state index contributed by atoms with van der Waals surface area (Å²) < 4.78 is 5.47. The topological polar surface area (TPSA) is 53.0 Å². The van der Waals surface area contributed by atoms with Gasteiger partial charge in [-0.2, -0.15) is 0 Å². The molecule has 6 nitrogen and oxygen atoms in total. The Bertz CT molecular complexity index is 804. The predicted octanol–water partition coefficient (Wildman–Crippen LogP) is 4.00. The molecule has 0 unspecified atom stereocenters. The molecule has 8 heteroatoms. The van der Waals surface area contributed by atoms with Crippen molar-refractivity contribution < 1.29 is 4.74 Å². The van der Waals surface area contributed by atoms with E-state index in [2.05, 4.69) is 50.5 Å². The summed E-state index contributed by atoms with van der Waals surface area (Å²) in [6.45, 7) is 7.05. The second kappa shape index (κ2) is 12.5. The van der Waals surface area contributed by atoms with Gasteiger partial charge in [-0.15, -0.1) is 35.3 Å². The van der Waals surface area contributed by atoms with Crippen LogP contribution in [-0.4, -0.2) is 61.6 Å². The van der Waals surface area contributed by atoms with E-state index in [9.17, 15) is 0 Å². The number of nitrogens with one attached hydrogen (secondary N) is 1. The van der Waals surface area contributed by atoms with Gasteiger partial charge in [0.1, 0.15) is 5.75 Å². The minimum atomic E-state index is 0. The molecule has 1 fully saturated rings. The number of rotatable bonds is 7. The van der Waals surface area contributed by atoms with E-state index in [0.717, 1.165) is 55.0 Å². The van der Waals surface area contributed by atoms with Gasteiger partial charge in [0.25, 0.3) is 0 Å². The van der Waals surface area contributed by atoms with Crippen molar-refractivity contribution in [1.82, 2.24) is 20.1 Å². The van der Waals surface area contributed by atoms with E-state index < -0.39 is 0 Å². The van der Waals surface area contributed by atoms with Gasteiger partial charge in [-0.25, -0.2) is 4.98 Å². The van der Waals surface area contributed by atoms with Gasteiger partial charge in [-0.1, -0.05) is 18.2 Å². The fourth-order valence-corrected chi connectivity index (χ4v) is 4.45. The molecule has 0 aliphatic carbocycles. The highest BCUT2D eigenvalue weighted by molar-refractivity contribution is 14.0. The van der Waals surface area contributed by atoms with Gasteiger partial charge in [-0.05, 0) is 44.8 Å². The van der Waals surface area contributed by atoms with Crippen LogP contribution < -0.4 is 10.1 Å². The Balaban J connectivity index is 0.00000320. The van der Waals surface area contributed by atoms with E-state index in [0.29, 0.717) is 5.92 Å². The molecule has 1 aliphatic rings. The third kappa shape index (κ3) is 7.09. The van der Waals surface area contributed by atoms with Crippen molar-refractivity contribution in [1.29, 1.82) is 0 Å². The van der Waals surface area contributed by atoms with E-state index in [1.807, 2.05) is 25.2 Å². The van der Waals surface area contributed by atoms with Crippen molar-refractivity contribution in [2.24, 2.45) is 10.9 Å². The van der Waals surface area contributed by atoms with Crippen molar-refractivity contribution in [3.8, 4) is 5.75 Å². The van der Waals surface area contributed by atoms with Gasteiger partial charge in [0, 0.05) is 44.7 Å². The molecule has 30 heavy (non-hydrogen) atoms. The molecule has 1 aromatic carbocycles. The van der Waals surface area contributed by atoms with Crippen molar-refractivity contribution in [2.75, 3.05) is 40.8 Å². The van der Waals surface area contributed by atoms with Gasteiger partial charge < -0.3 is 15.0 Å². The first-order valence-electron chi connectivity index (χ1n) is 10.3. The fraction of sp³-hybridized carbons (Fsp3) is 0.545. The molecule has 0 amide bonds.